The molecule has 0 saturated carbocycles. The maximum Gasteiger partial charge on any atom is 0.354 e. The molecule has 0 fully saturated rings. The molecule has 0 atom stereocenters. The monoisotopic (exact) mass is 400 g/mol. The molecule has 0 aromatic carbocycles. The van der Waals surface area contributed by atoms with Crippen LogP contribution >= 0.6 is 22.7 Å². The Balaban J connectivity index is 1.47. The summed E-state index contributed by atoms with van der Waals surface area (Å²) >= 11 is 2.60. The van der Waals surface area contributed by atoms with Crippen LogP contribution in [-0.2, 0) is 4.74 Å². The summed E-state index contributed by atoms with van der Waals surface area (Å²) in [7, 11) is 1.31. The average molecular weight is 400 g/mol. The smallest absolute Gasteiger partial charge is 0.354 e. The molecule has 0 aliphatic heterocycles. The zero-order chi connectivity index (χ0) is 18.8. The Hall–Kier alpha value is -3.24. The molecule has 27 heavy (non-hydrogen) atoms. The second-order valence-corrected chi connectivity index (χ2v) is 7.02. The normalized spacial score (nSPS) is 10.7. The predicted molar refractivity (Wildman–Crippen MR) is 101 cm³/mol. The van der Waals surface area contributed by atoms with E-state index in [4.69, 9.17) is 4.42 Å². The number of rotatable bonds is 5. The van der Waals surface area contributed by atoms with Crippen LogP contribution in [0.3, 0.4) is 0 Å². The Labute approximate surface area is 160 Å². The molecule has 0 radical (unpaired) electrons. The minimum atomic E-state index is -0.458. The van der Waals surface area contributed by atoms with E-state index in [0.717, 1.165) is 5.56 Å². The molecule has 4 aromatic heterocycles. The summed E-state index contributed by atoms with van der Waals surface area (Å²) in [6, 6.07) is 5.19. The van der Waals surface area contributed by atoms with Gasteiger partial charge in [-0.25, -0.2) is 14.8 Å². The van der Waals surface area contributed by atoms with Crippen molar-refractivity contribution in [3.05, 3.63) is 52.8 Å². The molecule has 0 aliphatic rings. The number of aromatic nitrogens is 3. The quantitative estimate of drug-likeness (QED) is 0.492. The zero-order valence-corrected chi connectivity index (χ0v) is 15.5. The fourth-order valence-corrected chi connectivity index (χ4v) is 3.77. The van der Waals surface area contributed by atoms with E-state index in [-0.39, 0.29) is 11.6 Å². The van der Waals surface area contributed by atoms with Crippen molar-refractivity contribution in [1.82, 2.24) is 15.0 Å². The first-order valence-electron chi connectivity index (χ1n) is 7.67. The maximum atomic E-state index is 12.4. The number of nitrogens with one attached hydrogen (secondary N) is 2. The molecular weight excluding hydrogens is 388 g/mol. The summed E-state index contributed by atoms with van der Waals surface area (Å²) in [5.41, 5.74) is 1.98. The van der Waals surface area contributed by atoms with Crippen molar-refractivity contribution in [2.45, 2.75) is 0 Å². The van der Waals surface area contributed by atoms with E-state index in [1.807, 2.05) is 0 Å². The van der Waals surface area contributed by atoms with Gasteiger partial charge in [0, 0.05) is 22.5 Å². The third-order valence-corrected chi connectivity index (χ3v) is 5.19. The Morgan fingerprint density at radius 2 is 2.15 bits per heavy atom. The summed E-state index contributed by atoms with van der Waals surface area (Å²) in [5.74, 6) is -0.195. The predicted octanol–water partition coefficient (Wildman–Crippen LogP) is 3.89. The third kappa shape index (κ3) is 3.52. The molecule has 8 nitrogen and oxygen atoms in total. The molecule has 10 heteroatoms. The number of esters is 1. The molecule has 0 unspecified atom stereocenters. The fourth-order valence-electron chi connectivity index (χ4n) is 2.29. The second-order valence-electron chi connectivity index (χ2n) is 5.30. The number of hydrogen-bond donors (Lipinski definition) is 2. The first kappa shape index (κ1) is 17.2. The highest BCUT2D eigenvalue weighted by atomic mass is 32.1. The molecule has 0 bridgehead atoms. The molecule has 2 N–H and O–H groups in total. The number of nitrogens with zero attached hydrogens (tertiary/aromatic N) is 2. The van der Waals surface area contributed by atoms with Crippen LogP contribution in [0.15, 0.2) is 45.8 Å². The van der Waals surface area contributed by atoms with Gasteiger partial charge < -0.3 is 14.1 Å². The topological polar surface area (TPSA) is 110 Å². The molecular formula is C17H12N4O4S2. The Bertz CT molecular complexity index is 1090. The Kier molecular flexibility index (Phi) is 4.57. The minimum absolute atomic E-state index is 0.290. The number of hydrogen-bond acceptors (Lipinski definition) is 8. The Morgan fingerprint density at radius 3 is 2.93 bits per heavy atom. The largest absolute Gasteiger partial charge is 0.464 e. The summed E-state index contributed by atoms with van der Waals surface area (Å²) in [6.45, 7) is 0. The Morgan fingerprint density at radius 1 is 1.26 bits per heavy atom. The van der Waals surface area contributed by atoms with Gasteiger partial charge in [0.2, 0.25) is 0 Å². The van der Waals surface area contributed by atoms with Gasteiger partial charge in [-0.1, -0.05) is 0 Å². The van der Waals surface area contributed by atoms with Crippen LogP contribution in [0.4, 0.5) is 5.13 Å². The van der Waals surface area contributed by atoms with E-state index in [1.54, 1.807) is 41.4 Å². The van der Waals surface area contributed by atoms with Gasteiger partial charge in [0.25, 0.3) is 5.91 Å². The summed E-state index contributed by atoms with van der Waals surface area (Å²) in [5, 5.41) is 7.24. The highest BCUT2D eigenvalue weighted by Gasteiger charge is 2.16. The van der Waals surface area contributed by atoms with Crippen LogP contribution in [0.2, 0.25) is 0 Å². The van der Waals surface area contributed by atoms with Gasteiger partial charge in [-0.2, -0.15) is 0 Å². The zero-order valence-electron chi connectivity index (χ0n) is 13.9. The lowest BCUT2D eigenvalue weighted by molar-refractivity contribution is 0.0594. The number of amides is 1. The van der Waals surface area contributed by atoms with Crippen molar-refractivity contribution < 1.29 is 18.7 Å². The number of carbonyl (C=O) groups excluding carboxylic acids is 2. The standard InChI is InChI=1S/C17H12N4O4S2/c1-24-16(23)10-5-9(6-18-10)11-7-27-17(20-11)21-14(22)12-8-26-15(19-12)13-3-2-4-25-13/h2-8,18H,1H3,(H,20,21,22). The van der Waals surface area contributed by atoms with Crippen LogP contribution in [0, 0.1) is 0 Å². The van der Waals surface area contributed by atoms with E-state index < -0.39 is 5.97 Å². The van der Waals surface area contributed by atoms with E-state index in [0.29, 0.717) is 27.3 Å². The number of carbonyl (C=O) groups is 2. The summed E-state index contributed by atoms with van der Waals surface area (Å²) in [4.78, 5) is 35.4. The van der Waals surface area contributed by atoms with Crippen molar-refractivity contribution >= 4 is 39.7 Å². The van der Waals surface area contributed by atoms with Crippen molar-refractivity contribution in [2.75, 3.05) is 12.4 Å². The number of furan rings is 1. The van der Waals surface area contributed by atoms with Crippen LogP contribution in [-0.4, -0.2) is 33.9 Å². The first-order valence-corrected chi connectivity index (χ1v) is 9.43. The highest BCUT2D eigenvalue weighted by molar-refractivity contribution is 7.14. The van der Waals surface area contributed by atoms with Crippen molar-refractivity contribution in [3.63, 3.8) is 0 Å². The van der Waals surface area contributed by atoms with Gasteiger partial charge in [0.15, 0.2) is 15.9 Å². The number of H-pyrrole nitrogens is 1. The van der Waals surface area contributed by atoms with Crippen LogP contribution in [0.5, 0.6) is 0 Å². The molecule has 0 spiro atoms. The fraction of sp³-hybridized carbons (Fsp3) is 0.0588. The lowest BCUT2D eigenvalue weighted by Gasteiger charge is -1.97. The number of aromatic amines is 1. The SMILES string of the molecule is COC(=O)c1cc(-c2csc(NC(=O)c3csc(-c4ccco4)n3)n2)c[nH]1. The van der Waals surface area contributed by atoms with E-state index in [9.17, 15) is 9.59 Å². The van der Waals surface area contributed by atoms with Crippen LogP contribution < -0.4 is 5.32 Å². The number of anilines is 1. The summed E-state index contributed by atoms with van der Waals surface area (Å²) < 4.78 is 9.94. The van der Waals surface area contributed by atoms with E-state index in [2.05, 4.69) is 25.0 Å². The van der Waals surface area contributed by atoms with Crippen LogP contribution in [0.1, 0.15) is 21.0 Å². The molecule has 4 aromatic rings. The molecule has 4 heterocycles. The average Bonchev–Trinajstić information content (AvgIpc) is 3.47. The van der Waals surface area contributed by atoms with Gasteiger partial charge in [0.1, 0.15) is 11.4 Å². The number of thiazole rings is 2. The lowest BCUT2D eigenvalue weighted by atomic mass is 10.2. The van der Waals surface area contributed by atoms with Crippen molar-refractivity contribution in [2.24, 2.45) is 0 Å². The second kappa shape index (κ2) is 7.17. The van der Waals surface area contributed by atoms with Crippen molar-refractivity contribution in [3.8, 4) is 22.0 Å². The molecule has 136 valence electrons. The molecule has 0 aliphatic carbocycles. The molecule has 0 saturated heterocycles. The van der Waals surface area contributed by atoms with Gasteiger partial charge in [0.05, 0.1) is 19.1 Å². The van der Waals surface area contributed by atoms with Gasteiger partial charge >= 0.3 is 5.97 Å². The van der Waals surface area contributed by atoms with E-state index >= 15 is 0 Å². The molecule has 1 amide bonds. The van der Waals surface area contributed by atoms with Gasteiger partial charge in [-0.3, -0.25) is 10.1 Å². The maximum absolute atomic E-state index is 12.4. The number of methoxy groups -OCH3 is 1. The minimum Gasteiger partial charge on any atom is -0.464 e. The molecule has 4 rings (SSSR count). The number of ether oxygens (including phenoxy) is 1. The van der Waals surface area contributed by atoms with Crippen molar-refractivity contribution in [1.29, 1.82) is 0 Å². The van der Waals surface area contributed by atoms with Gasteiger partial charge in [-0.05, 0) is 18.2 Å². The first-order chi connectivity index (χ1) is 13.1. The lowest BCUT2D eigenvalue weighted by Crippen LogP contribution is -2.12. The van der Waals surface area contributed by atoms with Crippen LogP contribution in [0.25, 0.3) is 22.0 Å². The highest BCUT2D eigenvalue weighted by Crippen LogP contribution is 2.27. The van der Waals surface area contributed by atoms with Gasteiger partial charge in [-0.15, -0.1) is 22.7 Å². The van der Waals surface area contributed by atoms with E-state index in [1.165, 1.54) is 29.8 Å². The summed E-state index contributed by atoms with van der Waals surface area (Å²) in [6.07, 6.45) is 3.21. The third-order valence-electron chi connectivity index (χ3n) is 3.58.